The number of nitrogens with one attached hydrogen (secondary N) is 2. The first-order chi connectivity index (χ1) is 10.6. The maximum absolute atomic E-state index is 13.9. The van der Waals surface area contributed by atoms with Gasteiger partial charge in [-0.2, -0.15) is 9.82 Å². The molecule has 0 unspecified atom stereocenters. The van der Waals surface area contributed by atoms with Crippen molar-refractivity contribution in [3.63, 3.8) is 0 Å². The average molecular weight is 344 g/mol. The minimum atomic E-state index is -4.20. The summed E-state index contributed by atoms with van der Waals surface area (Å²) in [6, 6.07) is 0.786. The number of H-pyrrole nitrogens is 1. The molecule has 1 aromatic carbocycles. The molecule has 1 aromatic heterocycles. The molecule has 0 aliphatic carbocycles. The van der Waals surface area contributed by atoms with Gasteiger partial charge in [0.2, 0.25) is 10.0 Å². The smallest absolute Gasteiger partial charge is 0.244 e. The standard InChI is InChI=1S/C14H18F2N4O2S/c1-7(2)13(14-17-9(4)18-19-14)20-23(21,22)12-5-8(3)10(15)6-11(12)16/h5-7,13,20H,1-4H3,(H,17,18,19)/t13-/m1/s1. The lowest BCUT2D eigenvalue weighted by molar-refractivity contribution is 0.442. The first-order valence-electron chi connectivity index (χ1n) is 6.98. The summed E-state index contributed by atoms with van der Waals surface area (Å²) >= 11 is 0. The molecule has 6 nitrogen and oxygen atoms in total. The fraction of sp³-hybridized carbons (Fsp3) is 0.429. The van der Waals surface area contributed by atoms with Gasteiger partial charge in [0.15, 0.2) is 5.82 Å². The number of hydrogen-bond acceptors (Lipinski definition) is 4. The molecule has 2 rings (SSSR count). The van der Waals surface area contributed by atoms with E-state index < -0.39 is 32.6 Å². The van der Waals surface area contributed by atoms with Gasteiger partial charge >= 0.3 is 0 Å². The van der Waals surface area contributed by atoms with Crippen LogP contribution in [0.5, 0.6) is 0 Å². The zero-order chi connectivity index (χ0) is 17.4. The average Bonchev–Trinajstić information content (AvgIpc) is 2.86. The van der Waals surface area contributed by atoms with Gasteiger partial charge in [-0.25, -0.2) is 22.2 Å². The lowest BCUT2D eigenvalue weighted by Crippen LogP contribution is -2.33. The van der Waals surface area contributed by atoms with E-state index in [1.54, 1.807) is 20.8 Å². The van der Waals surface area contributed by atoms with Crippen LogP contribution in [0.4, 0.5) is 8.78 Å². The summed E-state index contributed by atoms with van der Waals surface area (Å²) in [7, 11) is -4.20. The Morgan fingerprint density at radius 2 is 1.83 bits per heavy atom. The minimum absolute atomic E-state index is 0.0432. The van der Waals surface area contributed by atoms with E-state index in [1.807, 2.05) is 0 Å². The van der Waals surface area contributed by atoms with Crippen molar-refractivity contribution in [2.24, 2.45) is 5.92 Å². The highest BCUT2D eigenvalue weighted by Crippen LogP contribution is 2.24. The summed E-state index contributed by atoms with van der Waals surface area (Å²) in [5, 5.41) is 6.59. The van der Waals surface area contributed by atoms with E-state index in [1.165, 1.54) is 6.92 Å². The Morgan fingerprint density at radius 3 is 2.35 bits per heavy atom. The number of aryl methyl sites for hydroxylation is 2. The second kappa shape index (κ2) is 6.32. The maximum Gasteiger partial charge on any atom is 0.244 e. The molecule has 2 aromatic rings. The zero-order valence-corrected chi connectivity index (χ0v) is 14.0. The van der Waals surface area contributed by atoms with Crippen molar-refractivity contribution < 1.29 is 17.2 Å². The van der Waals surface area contributed by atoms with Crippen LogP contribution in [0.1, 0.15) is 37.1 Å². The van der Waals surface area contributed by atoms with Gasteiger partial charge in [-0.15, -0.1) is 0 Å². The molecule has 0 aliphatic rings. The Labute approximate surface area is 133 Å². The van der Waals surface area contributed by atoms with Crippen molar-refractivity contribution in [3.05, 3.63) is 41.0 Å². The molecule has 0 fully saturated rings. The number of sulfonamides is 1. The van der Waals surface area contributed by atoms with E-state index in [0.717, 1.165) is 6.07 Å². The topological polar surface area (TPSA) is 87.7 Å². The number of nitrogens with zero attached hydrogens (tertiary/aromatic N) is 2. The second-order valence-corrected chi connectivity index (χ2v) is 7.34. The molecule has 0 bridgehead atoms. The molecule has 0 spiro atoms. The van der Waals surface area contributed by atoms with E-state index in [2.05, 4.69) is 19.9 Å². The first-order valence-corrected chi connectivity index (χ1v) is 8.47. The molecule has 0 aliphatic heterocycles. The second-order valence-electron chi connectivity index (χ2n) is 5.65. The summed E-state index contributed by atoms with van der Waals surface area (Å²) < 4.78 is 54.5. The Hall–Kier alpha value is -1.87. The van der Waals surface area contributed by atoms with E-state index in [0.29, 0.717) is 11.9 Å². The van der Waals surface area contributed by atoms with Gasteiger partial charge in [-0.1, -0.05) is 13.8 Å². The van der Waals surface area contributed by atoms with E-state index in [4.69, 9.17) is 0 Å². The fourth-order valence-electron chi connectivity index (χ4n) is 2.05. The van der Waals surface area contributed by atoms with Crippen LogP contribution in [0, 0.1) is 31.4 Å². The van der Waals surface area contributed by atoms with Crippen LogP contribution < -0.4 is 4.72 Å². The summed E-state index contributed by atoms with van der Waals surface area (Å²) in [5.41, 5.74) is 0.0432. The van der Waals surface area contributed by atoms with Gasteiger partial charge in [-0.05, 0) is 31.4 Å². The van der Waals surface area contributed by atoms with Gasteiger partial charge in [-0.3, -0.25) is 5.10 Å². The Morgan fingerprint density at radius 1 is 1.17 bits per heavy atom. The Balaban J connectivity index is 2.41. The van der Waals surface area contributed by atoms with Crippen LogP contribution in [0.3, 0.4) is 0 Å². The van der Waals surface area contributed by atoms with Crippen LogP contribution in [0.25, 0.3) is 0 Å². The summed E-state index contributed by atoms with van der Waals surface area (Å²) in [6.45, 7) is 6.62. The van der Waals surface area contributed by atoms with Crippen molar-refractivity contribution in [1.82, 2.24) is 19.9 Å². The number of hydrogen-bond donors (Lipinski definition) is 2. The quantitative estimate of drug-likeness (QED) is 0.872. The third-order valence-electron chi connectivity index (χ3n) is 3.34. The van der Waals surface area contributed by atoms with E-state index >= 15 is 0 Å². The largest absolute Gasteiger partial charge is 0.263 e. The number of rotatable bonds is 5. The summed E-state index contributed by atoms with van der Waals surface area (Å²) in [6.07, 6.45) is 0. The highest BCUT2D eigenvalue weighted by atomic mass is 32.2. The van der Waals surface area contributed by atoms with Gasteiger partial charge in [0, 0.05) is 6.07 Å². The minimum Gasteiger partial charge on any atom is -0.263 e. The molecule has 23 heavy (non-hydrogen) atoms. The van der Waals surface area contributed by atoms with Crippen LogP contribution in [0.2, 0.25) is 0 Å². The normalized spacial score (nSPS) is 13.5. The first kappa shape index (κ1) is 17.5. The SMILES string of the molecule is Cc1nc([C@H](NS(=O)(=O)c2cc(C)c(F)cc2F)C(C)C)n[nH]1. The van der Waals surface area contributed by atoms with Crippen LogP contribution in [-0.2, 0) is 10.0 Å². The molecular formula is C14H18F2N4O2S. The van der Waals surface area contributed by atoms with Crippen molar-refractivity contribution in [1.29, 1.82) is 0 Å². The molecule has 126 valence electrons. The predicted octanol–water partition coefficient (Wildman–Crippen LogP) is 2.38. The molecule has 0 saturated carbocycles. The maximum atomic E-state index is 13.9. The molecule has 0 radical (unpaired) electrons. The van der Waals surface area contributed by atoms with Crippen molar-refractivity contribution in [2.45, 2.75) is 38.6 Å². The van der Waals surface area contributed by atoms with Gasteiger partial charge in [0.1, 0.15) is 22.4 Å². The number of benzene rings is 1. The third-order valence-corrected chi connectivity index (χ3v) is 4.80. The van der Waals surface area contributed by atoms with Crippen molar-refractivity contribution in [3.8, 4) is 0 Å². The highest BCUT2D eigenvalue weighted by molar-refractivity contribution is 7.89. The van der Waals surface area contributed by atoms with Crippen molar-refractivity contribution >= 4 is 10.0 Å². The lowest BCUT2D eigenvalue weighted by Gasteiger charge is -2.19. The monoisotopic (exact) mass is 344 g/mol. The van der Waals surface area contributed by atoms with E-state index in [9.17, 15) is 17.2 Å². The Bertz CT molecular complexity index is 818. The molecule has 1 heterocycles. The molecule has 0 amide bonds. The van der Waals surface area contributed by atoms with Crippen LogP contribution >= 0.6 is 0 Å². The third kappa shape index (κ3) is 3.73. The number of aromatic amines is 1. The van der Waals surface area contributed by atoms with Gasteiger partial charge in [0.05, 0.1) is 6.04 Å². The molecule has 2 N–H and O–H groups in total. The van der Waals surface area contributed by atoms with Gasteiger partial charge in [0.25, 0.3) is 0 Å². The Kier molecular flexibility index (Phi) is 4.81. The lowest BCUT2D eigenvalue weighted by atomic mass is 10.1. The molecule has 9 heteroatoms. The number of halogens is 2. The van der Waals surface area contributed by atoms with Crippen LogP contribution in [0.15, 0.2) is 17.0 Å². The summed E-state index contributed by atoms with van der Waals surface area (Å²) in [5.74, 6) is -1.32. The van der Waals surface area contributed by atoms with E-state index in [-0.39, 0.29) is 17.3 Å². The fourth-order valence-corrected chi connectivity index (χ4v) is 3.54. The molecular weight excluding hydrogens is 326 g/mol. The van der Waals surface area contributed by atoms with Gasteiger partial charge < -0.3 is 0 Å². The van der Waals surface area contributed by atoms with Crippen LogP contribution in [-0.4, -0.2) is 23.6 Å². The predicted molar refractivity (Wildman–Crippen MR) is 80.1 cm³/mol. The zero-order valence-electron chi connectivity index (χ0n) is 13.2. The molecule has 1 atom stereocenters. The number of aromatic nitrogens is 3. The summed E-state index contributed by atoms with van der Waals surface area (Å²) in [4.78, 5) is 3.51. The van der Waals surface area contributed by atoms with Crippen molar-refractivity contribution in [2.75, 3.05) is 0 Å². The molecule has 0 saturated heterocycles. The highest BCUT2D eigenvalue weighted by Gasteiger charge is 2.29.